The number of fused-ring (bicyclic) bond motifs is 2. The second kappa shape index (κ2) is 8.56. The van der Waals surface area contributed by atoms with Gasteiger partial charge in [0.05, 0.1) is 10.2 Å². The second-order valence-electron chi connectivity index (χ2n) is 7.73. The normalized spacial score (nSPS) is 15.1. The SMILES string of the molecule is OC(COc1cccc(-c2nc3ccccc3s2)c1)CN1CCc2ccccc2C1. The first-order valence-corrected chi connectivity index (χ1v) is 11.1. The monoisotopic (exact) mass is 416 g/mol. The van der Waals surface area contributed by atoms with Gasteiger partial charge in [-0.2, -0.15) is 0 Å². The van der Waals surface area contributed by atoms with E-state index in [-0.39, 0.29) is 6.61 Å². The maximum absolute atomic E-state index is 10.5. The van der Waals surface area contributed by atoms with E-state index in [9.17, 15) is 5.11 Å². The van der Waals surface area contributed by atoms with Gasteiger partial charge in [0.2, 0.25) is 0 Å². The number of para-hydroxylation sites is 1. The largest absolute Gasteiger partial charge is 0.491 e. The molecule has 0 saturated heterocycles. The van der Waals surface area contributed by atoms with Crippen molar-refractivity contribution in [1.29, 1.82) is 0 Å². The first kappa shape index (κ1) is 19.2. The van der Waals surface area contributed by atoms with Crippen LogP contribution in [0.5, 0.6) is 5.75 Å². The van der Waals surface area contributed by atoms with Crippen molar-refractivity contribution in [3.63, 3.8) is 0 Å². The molecule has 3 aromatic carbocycles. The van der Waals surface area contributed by atoms with E-state index in [1.54, 1.807) is 11.3 Å². The van der Waals surface area contributed by atoms with Crippen LogP contribution in [0.3, 0.4) is 0 Å². The van der Waals surface area contributed by atoms with Gasteiger partial charge in [-0.1, -0.05) is 48.5 Å². The molecule has 152 valence electrons. The van der Waals surface area contributed by atoms with E-state index in [2.05, 4.69) is 35.2 Å². The number of nitrogens with zero attached hydrogens (tertiary/aromatic N) is 2. The second-order valence-corrected chi connectivity index (χ2v) is 8.76. The average Bonchev–Trinajstić information content (AvgIpc) is 3.22. The molecule has 0 saturated carbocycles. The summed E-state index contributed by atoms with van der Waals surface area (Å²) in [5.74, 6) is 0.759. The fourth-order valence-corrected chi connectivity index (χ4v) is 4.93. The van der Waals surface area contributed by atoms with Crippen LogP contribution < -0.4 is 4.74 Å². The molecule has 1 aromatic heterocycles. The predicted molar refractivity (Wildman–Crippen MR) is 122 cm³/mol. The van der Waals surface area contributed by atoms with Crippen molar-refractivity contribution in [2.75, 3.05) is 19.7 Å². The fourth-order valence-electron chi connectivity index (χ4n) is 3.97. The Hall–Kier alpha value is -2.73. The van der Waals surface area contributed by atoms with Crippen molar-refractivity contribution in [3.8, 4) is 16.3 Å². The van der Waals surface area contributed by atoms with Crippen LogP contribution in [0.2, 0.25) is 0 Å². The number of aliphatic hydroxyl groups is 1. The molecule has 0 radical (unpaired) electrons. The molecule has 0 aliphatic carbocycles. The highest BCUT2D eigenvalue weighted by atomic mass is 32.1. The molecule has 4 nitrogen and oxygen atoms in total. The maximum Gasteiger partial charge on any atom is 0.124 e. The zero-order chi connectivity index (χ0) is 20.3. The number of β-amino-alcohol motifs (C(OH)–C–C–N with tert-alkyl or cyclic N) is 1. The molecule has 1 atom stereocenters. The predicted octanol–water partition coefficient (Wildman–Crippen LogP) is 4.76. The van der Waals surface area contributed by atoms with Crippen LogP contribution in [0.4, 0.5) is 0 Å². The van der Waals surface area contributed by atoms with E-state index in [0.29, 0.717) is 6.54 Å². The lowest BCUT2D eigenvalue weighted by atomic mass is 10.00. The van der Waals surface area contributed by atoms with Crippen molar-refractivity contribution in [2.24, 2.45) is 0 Å². The third-order valence-electron chi connectivity index (χ3n) is 5.50. The Bertz CT molecular complexity index is 1120. The van der Waals surface area contributed by atoms with Crippen LogP contribution in [0.1, 0.15) is 11.1 Å². The van der Waals surface area contributed by atoms with E-state index in [4.69, 9.17) is 9.72 Å². The Kier molecular flexibility index (Phi) is 5.49. The van der Waals surface area contributed by atoms with Crippen molar-refractivity contribution in [3.05, 3.63) is 83.9 Å². The van der Waals surface area contributed by atoms with Gasteiger partial charge in [-0.05, 0) is 41.8 Å². The quantitative estimate of drug-likeness (QED) is 0.492. The van der Waals surface area contributed by atoms with Gasteiger partial charge in [-0.25, -0.2) is 4.98 Å². The van der Waals surface area contributed by atoms with Crippen molar-refractivity contribution in [1.82, 2.24) is 9.88 Å². The number of rotatable bonds is 6. The first-order valence-electron chi connectivity index (χ1n) is 10.3. The van der Waals surface area contributed by atoms with E-state index in [1.165, 1.54) is 15.8 Å². The van der Waals surface area contributed by atoms with Crippen LogP contribution in [0.15, 0.2) is 72.8 Å². The summed E-state index contributed by atoms with van der Waals surface area (Å²) in [4.78, 5) is 7.02. The van der Waals surface area contributed by atoms with Crippen molar-refractivity contribution in [2.45, 2.75) is 19.1 Å². The number of aliphatic hydroxyl groups excluding tert-OH is 1. The number of hydrogen-bond acceptors (Lipinski definition) is 5. The number of hydrogen-bond donors (Lipinski definition) is 1. The Morgan fingerprint density at radius 1 is 1.00 bits per heavy atom. The lowest BCUT2D eigenvalue weighted by Gasteiger charge is -2.30. The minimum absolute atomic E-state index is 0.279. The smallest absolute Gasteiger partial charge is 0.124 e. The Morgan fingerprint density at radius 3 is 2.73 bits per heavy atom. The average molecular weight is 417 g/mol. The minimum atomic E-state index is -0.527. The maximum atomic E-state index is 10.5. The number of aromatic nitrogens is 1. The van der Waals surface area contributed by atoms with Gasteiger partial charge in [0.15, 0.2) is 0 Å². The van der Waals surface area contributed by atoms with E-state index in [0.717, 1.165) is 41.3 Å². The molecule has 1 N–H and O–H groups in total. The van der Waals surface area contributed by atoms with Gasteiger partial charge in [0.25, 0.3) is 0 Å². The molecular weight excluding hydrogens is 392 g/mol. The van der Waals surface area contributed by atoms with Crippen LogP contribution >= 0.6 is 11.3 Å². The lowest BCUT2D eigenvalue weighted by Crippen LogP contribution is -2.38. The first-order chi connectivity index (χ1) is 14.7. The lowest BCUT2D eigenvalue weighted by molar-refractivity contribution is 0.0638. The molecule has 0 bridgehead atoms. The standard InChI is InChI=1S/C25H24N2O2S/c28-21(16-27-13-12-18-6-1-2-7-20(18)15-27)17-29-22-9-5-8-19(14-22)25-26-23-10-3-4-11-24(23)30-25/h1-11,14,21,28H,12-13,15-17H2. The highest BCUT2D eigenvalue weighted by Gasteiger charge is 2.18. The van der Waals surface area contributed by atoms with Gasteiger partial charge < -0.3 is 9.84 Å². The third kappa shape index (κ3) is 4.24. The Labute approximate surface area is 180 Å². The topological polar surface area (TPSA) is 45.6 Å². The highest BCUT2D eigenvalue weighted by Crippen LogP contribution is 2.31. The molecule has 0 spiro atoms. The zero-order valence-electron chi connectivity index (χ0n) is 16.7. The van der Waals surface area contributed by atoms with Crippen molar-refractivity contribution < 1.29 is 9.84 Å². The van der Waals surface area contributed by atoms with E-state index >= 15 is 0 Å². The van der Waals surface area contributed by atoms with Crippen LogP contribution in [0, 0.1) is 0 Å². The van der Waals surface area contributed by atoms with Gasteiger partial charge >= 0.3 is 0 Å². The van der Waals surface area contributed by atoms with E-state index < -0.39 is 6.10 Å². The third-order valence-corrected chi connectivity index (χ3v) is 6.58. The summed E-state index contributed by atoms with van der Waals surface area (Å²) in [6.07, 6.45) is 0.509. The molecule has 1 unspecified atom stereocenters. The van der Waals surface area contributed by atoms with Crippen LogP contribution in [0.25, 0.3) is 20.8 Å². The molecule has 0 fully saturated rings. The van der Waals surface area contributed by atoms with Gasteiger partial charge in [0.1, 0.15) is 23.5 Å². The number of thiazole rings is 1. The Balaban J connectivity index is 1.20. The summed E-state index contributed by atoms with van der Waals surface area (Å²) in [6.45, 7) is 2.76. The molecule has 30 heavy (non-hydrogen) atoms. The van der Waals surface area contributed by atoms with Crippen molar-refractivity contribution >= 4 is 21.6 Å². The molecule has 5 heteroatoms. The van der Waals surface area contributed by atoms with Gasteiger partial charge in [0, 0.05) is 25.2 Å². The van der Waals surface area contributed by atoms with E-state index in [1.807, 2.05) is 42.5 Å². The summed E-state index contributed by atoms with van der Waals surface area (Å²) in [6, 6.07) is 24.7. The summed E-state index contributed by atoms with van der Waals surface area (Å²) in [5, 5.41) is 11.5. The Morgan fingerprint density at radius 2 is 1.83 bits per heavy atom. The fraction of sp³-hybridized carbons (Fsp3) is 0.240. The molecule has 1 aliphatic rings. The van der Waals surface area contributed by atoms with Gasteiger partial charge in [-0.15, -0.1) is 11.3 Å². The molecule has 5 rings (SSSR count). The molecule has 1 aliphatic heterocycles. The molecule has 2 heterocycles. The summed E-state index contributed by atoms with van der Waals surface area (Å²) in [7, 11) is 0. The summed E-state index contributed by atoms with van der Waals surface area (Å²) >= 11 is 1.68. The van der Waals surface area contributed by atoms with Crippen LogP contribution in [-0.2, 0) is 13.0 Å². The summed E-state index contributed by atoms with van der Waals surface area (Å²) in [5.41, 5.74) is 4.84. The molecule has 4 aromatic rings. The zero-order valence-corrected chi connectivity index (χ0v) is 17.5. The number of benzene rings is 3. The number of ether oxygens (including phenoxy) is 1. The molecule has 0 amide bonds. The summed E-state index contributed by atoms with van der Waals surface area (Å²) < 4.78 is 7.09. The molecular formula is C25H24N2O2S. The van der Waals surface area contributed by atoms with Gasteiger partial charge in [-0.3, -0.25) is 4.90 Å². The highest BCUT2D eigenvalue weighted by molar-refractivity contribution is 7.21. The minimum Gasteiger partial charge on any atom is -0.491 e. The van der Waals surface area contributed by atoms with Crippen LogP contribution in [-0.4, -0.2) is 40.8 Å².